The molecule has 0 fully saturated rings. The van der Waals surface area contributed by atoms with Gasteiger partial charge in [0.15, 0.2) is 5.78 Å². The van der Waals surface area contributed by atoms with Crippen molar-refractivity contribution >= 4 is 33.9 Å². The molecule has 0 saturated heterocycles. The summed E-state index contributed by atoms with van der Waals surface area (Å²) in [6, 6.07) is 13.6. The molecule has 2 aromatic carbocycles. The van der Waals surface area contributed by atoms with Crippen molar-refractivity contribution in [2.24, 2.45) is 0 Å². The van der Waals surface area contributed by atoms with Crippen LogP contribution < -0.4 is 4.74 Å². The van der Waals surface area contributed by atoms with E-state index in [1.807, 2.05) is 48.5 Å². The summed E-state index contributed by atoms with van der Waals surface area (Å²) in [5.74, 6) is 0.768. The topological polar surface area (TPSA) is 26.3 Å². The minimum atomic E-state index is -0.0592. The normalized spacial score (nSPS) is 11.1. The van der Waals surface area contributed by atoms with Gasteiger partial charge >= 0.3 is 0 Å². The molecule has 0 bridgehead atoms. The molecular formula is C21H19BrO2. The Balaban J connectivity index is 2.08. The molecule has 3 heteroatoms. The minimum Gasteiger partial charge on any atom is -0.496 e. The highest BCUT2D eigenvalue weighted by molar-refractivity contribution is 9.10. The van der Waals surface area contributed by atoms with E-state index in [9.17, 15) is 4.79 Å². The van der Waals surface area contributed by atoms with E-state index in [0.29, 0.717) is 0 Å². The van der Waals surface area contributed by atoms with Crippen LogP contribution in [0.25, 0.3) is 12.2 Å². The van der Waals surface area contributed by atoms with Crippen LogP contribution in [0.3, 0.4) is 0 Å². The molecular weight excluding hydrogens is 364 g/mol. The number of allylic oxidation sites excluding steroid dienone is 3. The molecule has 2 rings (SSSR count). The van der Waals surface area contributed by atoms with Crippen molar-refractivity contribution < 1.29 is 9.53 Å². The van der Waals surface area contributed by atoms with E-state index in [-0.39, 0.29) is 5.78 Å². The summed E-state index contributed by atoms with van der Waals surface area (Å²) in [6.45, 7) is 3.75. The molecule has 0 aliphatic carbocycles. The van der Waals surface area contributed by atoms with E-state index in [1.165, 1.54) is 0 Å². The highest BCUT2D eigenvalue weighted by Crippen LogP contribution is 2.21. The van der Waals surface area contributed by atoms with Crippen molar-refractivity contribution in [3.05, 3.63) is 88.4 Å². The first-order valence-electron chi connectivity index (χ1n) is 7.56. The fourth-order valence-corrected chi connectivity index (χ4v) is 2.66. The lowest BCUT2D eigenvalue weighted by Gasteiger charge is -2.07. The maximum Gasteiger partial charge on any atom is 0.178 e. The predicted octanol–water partition coefficient (Wildman–Crippen LogP) is 5.48. The van der Waals surface area contributed by atoms with Gasteiger partial charge in [0.05, 0.1) is 7.11 Å². The standard InChI is InChI=1S/C21H19BrO2/c1-3-5-18-14-17(10-13-21(18)24-2)9-12-20(23)11-8-16-6-4-7-19(22)15-16/h3-4,6-15H,1,5H2,2H3/b11-8+,12-9+. The van der Waals surface area contributed by atoms with E-state index in [2.05, 4.69) is 22.5 Å². The largest absolute Gasteiger partial charge is 0.496 e. The number of ether oxygens (including phenoxy) is 1. The smallest absolute Gasteiger partial charge is 0.178 e. The molecule has 24 heavy (non-hydrogen) atoms. The van der Waals surface area contributed by atoms with Gasteiger partial charge in [-0.05, 0) is 59.5 Å². The van der Waals surface area contributed by atoms with Crippen LogP contribution in [-0.4, -0.2) is 12.9 Å². The number of hydrogen-bond acceptors (Lipinski definition) is 2. The Bertz CT molecular complexity index is 788. The van der Waals surface area contributed by atoms with Crippen LogP contribution >= 0.6 is 15.9 Å². The van der Waals surface area contributed by atoms with Crippen molar-refractivity contribution in [2.45, 2.75) is 6.42 Å². The van der Waals surface area contributed by atoms with E-state index < -0.39 is 0 Å². The Morgan fingerprint density at radius 1 is 1.12 bits per heavy atom. The number of benzene rings is 2. The summed E-state index contributed by atoms with van der Waals surface area (Å²) in [5, 5.41) is 0. The summed E-state index contributed by atoms with van der Waals surface area (Å²) in [4.78, 5) is 12.0. The maximum atomic E-state index is 12.0. The molecule has 0 radical (unpaired) electrons. The van der Waals surface area contributed by atoms with Crippen molar-refractivity contribution in [1.29, 1.82) is 0 Å². The lowest BCUT2D eigenvalue weighted by atomic mass is 10.1. The van der Waals surface area contributed by atoms with Crippen molar-refractivity contribution in [2.75, 3.05) is 7.11 Å². The highest BCUT2D eigenvalue weighted by atomic mass is 79.9. The van der Waals surface area contributed by atoms with Crippen LogP contribution in [0.5, 0.6) is 5.75 Å². The van der Waals surface area contributed by atoms with Gasteiger partial charge in [-0.25, -0.2) is 0 Å². The van der Waals surface area contributed by atoms with Crippen LogP contribution in [-0.2, 0) is 11.2 Å². The number of halogens is 1. The van der Waals surface area contributed by atoms with Gasteiger partial charge < -0.3 is 4.74 Å². The molecule has 0 aliphatic rings. The summed E-state index contributed by atoms with van der Waals surface area (Å²) >= 11 is 3.41. The molecule has 0 saturated carbocycles. The van der Waals surface area contributed by atoms with Crippen molar-refractivity contribution in [3.63, 3.8) is 0 Å². The Morgan fingerprint density at radius 2 is 1.83 bits per heavy atom. The van der Waals surface area contributed by atoms with Gasteiger partial charge in [-0.2, -0.15) is 0 Å². The molecule has 122 valence electrons. The first-order valence-corrected chi connectivity index (χ1v) is 8.35. The van der Waals surface area contributed by atoms with Crippen LogP contribution in [0.15, 0.2) is 71.7 Å². The van der Waals surface area contributed by atoms with Crippen LogP contribution in [0.2, 0.25) is 0 Å². The average Bonchev–Trinajstić information content (AvgIpc) is 2.59. The van der Waals surface area contributed by atoms with Gasteiger partial charge in [0.1, 0.15) is 5.75 Å². The number of carbonyl (C=O) groups excluding carboxylic acids is 1. The quantitative estimate of drug-likeness (QED) is 0.467. The monoisotopic (exact) mass is 382 g/mol. The third kappa shape index (κ3) is 5.36. The minimum absolute atomic E-state index is 0.0592. The number of hydrogen-bond donors (Lipinski definition) is 0. The molecule has 2 aromatic rings. The second-order valence-corrected chi connectivity index (χ2v) is 6.10. The molecule has 0 unspecified atom stereocenters. The number of ketones is 1. The molecule has 0 atom stereocenters. The summed E-state index contributed by atoms with van der Waals surface area (Å²) in [5.41, 5.74) is 2.98. The Hall–Kier alpha value is -2.39. The van der Waals surface area contributed by atoms with Crippen LogP contribution in [0.1, 0.15) is 16.7 Å². The summed E-state index contributed by atoms with van der Waals surface area (Å²) in [7, 11) is 1.65. The van der Waals surface area contributed by atoms with Crippen molar-refractivity contribution in [3.8, 4) is 5.75 Å². The fourth-order valence-electron chi connectivity index (χ4n) is 2.24. The molecule has 0 aliphatic heterocycles. The molecule has 2 nitrogen and oxygen atoms in total. The Kier molecular flexibility index (Phi) is 6.76. The van der Waals surface area contributed by atoms with Gasteiger partial charge in [-0.1, -0.05) is 52.4 Å². The zero-order valence-electron chi connectivity index (χ0n) is 13.5. The predicted molar refractivity (Wildman–Crippen MR) is 104 cm³/mol. The van der Waals surface area contributed by atoms with Crippen LogP contribution in [0, 0.1) is 0 Å². The third-order valence-corrected chi connectivity index (χ3v) is 3.89. The third-order valence-electron chi connectivity index (χ3n) is 3.40. The second kappa shape index (κ2) is 9.04. The lowest BCUT2D eigenvalue weighted by molar-refractivity contribution is -0.110. The summed E-state index contributed by atoms with van der Waals surface area (Å²) in [6.07, 6.45) is 9.29. The van der Waals surface area contributed by atoms with E-state index in [1.54, 1.807) is 31.4 Å². The number of carbonyl (C=O) groups is 1. The maximum absolute atomic E-state index is 12.0. The second-order valence-electron chi connectivity index (χ2n) is 5.19. The lowest BCUT2D eigenvalue weighted by Crippen LogP contribution is -1.92. The van der Waals surface area contributed by atoms with Gasteiger partial charge in [-0.15, -0.1) is 6.58 Å². The average molecular weight is 383 g/mol. The zero-order valence-corrected chi connectivity index (χ0v) is 15.1. The SMILES string of the molecule is C=CCc1cc(/C=C/C(=O)/C=C/c2cccc(Br)c2)ccc1OC. The molecule has 0 spiro atoms. The van der Waals surface area contributed by atoms with Crippen molar-refractivity contribution in [1.82, 2.24) is 0 Å². The zero-order chi connectivity index (χ0) is 17.4. The van der Waals surface area contributed by atoms with Gasteiger partial charge in [-0.3, -0.25) is 4.79 Å². The van der Waals surface area contributed by atoms with E-state index >= 15 is 0 Å². The highest BCUT2D eigenvalue weighted by Gasteiger charge is 2.01. The first kappa shape index (κ1) is 18.0. The molecule has 0 aromatic heterocycles. The Labute approximate surface area is 151 Å². The van der Waals surface area contributed by atoms with E-state index in [4.69, 9.17) is 4.74 Å². The fraction of sp³-hybridized carbons (Fsp3) is 0.0952. The molecule has 0 amide bonds. The van der Waals surface area contributed by atoms with Gasteiger partial charge in [0, 0.05) is 4.47 Å². The summed E-state index contributed by atoms with van der Waals surface area (Å²) < 4.78 is 6.31. The number of rotatable bonds is 7. The van der Waals surface area contributed by atoms with Crippen LogP contribution in [0.4, 0.5) is 0 Å². The molecule has 0 heterocycles. The van der Waals surface area contributed by atoms with Gasteiger partial charge in [0.2, 0.25) is 0 Å². The van der Waals surface area contributed by atoms with E-state index in [0.717, 1.165) is 33.3 Å². The number of methoxy groups -OCH3 is 1. The first-order chi connectivity index (χ1) is 11.6. The molecule has 0 N–H and O–H groups in total. The Morgan fingerprint density at radius 3 is 2.46 bits per heavy atom. The van der Waals surface area contributed by atoms with Gasteiger partial charge in [0.25, 0.3) is 0 Å².